The second-order valence-corrected chi connectivity index (χ2v) is 4.63. The Kier molecular flexibility index (Phi) is 4.57. The number of hydrogen-bond donors (Lipinski definition) is 0. The zero-order valence-corrected chi connectivity index (χ0v) is 12.0. The topological polar surface area (TPSA) is 53.3 Å². The van der Waals surface area contributed by atoms with E-state index in [0.717, 1.165) is 5.69 Å². The van der Waals surface area contributed by atoms with Crippen molar-refractivity contribution >= 4 is 11.6 Å². The SMILES string of the molecule is CC(Oc1ccc(C#N)cc1)C(=O)N(C)c1ccccc1. The van der Waals surface area contributed by atoms with Crippen molar-refractivity contribution in [2.45, 2.75) is 13.0 Å². The number of para-hydroxylation sites is 1. The fourth-order valence-corrected chi connectivity index (χ4v) is 1.91. The first-order chi connectivity index (χ1) is 10.1. The van der Waals surface area contributed by atoms with Crippen molar-refractivity contribution in [3.05, 3.63) is 60.2 Å². The maximum Gasteiger partial charge on any atom is 0.267 e. The maximum atomic E-state index is 12.3. The molecule has 0 aliphatic rings. The molecule has 0 aromatic heterocycles. The number of anilines is 1. The Morgan fingerprint density at radius 1 is 1.14 bits per heavy atom. The highest BCUT2D eigenvalue weighted by Crippen LogP contribution is 2.17. The molecule has 0 bridgehead atoms. The Balaban J connectivity index is 2.03. The van der Waals surface area contributed by atoms with Crippen LogP contribution in [0.15, 0.2) is 54.6 Å². The van der Waals surface area contributed by atoms with E-state index >= 15 is 0 Å². The van der Waals surface area contributed by atoms with E-state index in [2.05, 4.69) is 0 Å². The molecule has 2 aromatic rings. The van der Waals surface area contributed by atoms with Gasteiger partial charge in [-0.05, 0) is 43.3 Å². The van der Waals surface area contributed by atoms with Crippen LogP contribution >= 0.6 is 0 Å². The minimum Gasteiger partial charge on any atom is -0.481 e. The first kappa shape index (κ1) is 14.6. The average Bonchev–Trinajstić information content (AvgIpc) is 2.55. The number of nitriles is 1. The lowest BCUT2D eigenvalue weighted by Crippen LogP contribution is -2.37. The lowest BCUT2D eigenvalue weighted by Gasteiger charge is -2.22. The molecular formula is C17H16N2O2. The van der Waals surface area contributed by atoms with Crippen molar-refractivity contribution in [2.24, 2.45) is 0 Å². The summed E-state index contributed by atoms with van der Waals surface area (Å²) < 4.78 is 5.62. The summed E-state index contributed by atoms with van der Waals surface area (Å²) in [6.45, 7) is 1.71. The van der Waals surface area contributed by atoms with Gasteiger partial charge in [0.2, 0.25) is 0 Å². The average molecular weight is 280 g/mol. The highest BCUT2D eigenvalue weighted by molar-refractivity contribution is 5.95. The third-order valence-corrected chi connectivity index (χ3v) is 3.12. The van der Waals surface area contributed by atoms with Gasteiger partial charge in [-0.15, -0.1) is 0 Å². The Morgan fingerprint density at radius 2 is 1.76 bits per heavy atom. The largest absolute Gasteiger partial charge is 0.481 e. The molecule has 1 amide bonds. The number of benzene rings is 2. The van der Waals surface area contributed by atoms with E-state index < -0.39 is 6.10 Å². The summed E-state index contributed by atoms with van der Waals surface area (Å²) in [5.74, 6) is 0.432. The van der Waals surface area contributed by atoms with Crippen LogP contribution in [-0.4, -0.2) is 19.1 Å². The van der Waals surface area contributed by atoms with E-state index in [-0.39, 0.29) is 5.91 Å². The normalized spacial score (nSPS) is 11.3. The summed E-state index contributed by atoms with van der Waals surface area (Å²) in [7, 11) is 1.72. The van der Waals surface area contributed by atoms with Gasteiger partial charge in [0.15, 0.2) is 6.10 Å². The Labute approximate surface area is 124 Å². The second-order valence-electron chi connectivity index (χ2n) is 4.63. The van der Waals surface area contributed by atoms with Crippen molar-refractivity contribution in [3.8, 4) is 11.8 Å². The summed E-state index contributed by atoms with van der Waals surface area (Å²) in [6, 6.07) is 18.1. The number of hydrogen-bond acceptors (Lipinski definition) is 3. The molecule has 0 heterocycles. The van der Waals surface area contributed by atoms with Crippen LogP contribution in [0.3, 0.4) is 0 Å². The lowest BCUT2D eigenvalue weighted by atomic mass is 10.2. The Bertz CT molecular complexity index is 645. The number of carbonyl (C=O) groups is 1. The smallest absolute Gasteiger partial charge is 0.267 e. The minimum absolute atomic E-state index is 0.134. The van der Waals surface area contributed by atoms with Crippen molar-refractivity contribution in [1.82, 2.24) is 0 Å². The van der Waals surface area contributed by atoms with Gasteiger partial charge in [0.05, 0.1) is 11.6 Å². The molecule has 21 heavy (non-hydrogen) atoms. The van der Waals surface area contributed by atoms with Gasteiger partial charge in [-0.25, -0.2) is 0 Å². The molecule has 4 heteroatoms. The summed E-state index contributed by atoms with van der Waals surface area (Å²) in [5.41, 5.74) is 1.38. The van der Waals surface area contributed by atoms with Gasteiger partial charge in [-0.1, -0.05) is 18.2 Å². The maximum absolute atomic E-state index is 12.3. The van der Waals surface area contributed by atoms with Crippen molar-refractivity contribution in [3.63, 3.8) is 0 Å². The van der Waals surface area contributed by atoms with E-state index in [1.165, 1.54) is 0 Å². The van der Waals surface area contributed by atoms with Crippen LogP contribution in [-0.2, 0) is 4.79 Å². The van der Waals surface area contributed by atoms with Gasteiger partial charge in [-0.2, -0.15) is 5.26 Å². The van der Waals surface area contributed by atoms with Crippen LogP contribution in [0.5, 0.6) is 5.75 Å². The van der Waals surface area contributed by atoms with Crippen LogP contribution in [0.4, 0.5) is 5.69 Å². The molecule has 2 aromatic carbocycles. The number of nitrogens with zero attached hydrogens (tertiary/aromatic N) is 2. The first-order valence-corrected chi connectivity index (χ1v) is 6.61. The van der Waals surface area contributed by atoms with E-state index in [1.54, 1.807) is 43.1 Å². The van der Waals surface area contributed by atoms with E-state index in [0.29, 0.717) is 11.3 Å². The predicted octanol–water partition coefficient (Wildman–Crippen LogP) is 2.99. The van der Waals surface area contributed by atoms with E-state index in [1.807, 2.05) is 36.4 Å². The molecule has 0 fully saturated rings. The minimum atomic E-state index is -0.608. The molecule has 4 nitrogen and oxygen atoms in total. The summed E-state index contributed by atoms with van der Waals surface area (Å²) in [4.78, 5) is 13.9. The zero-order chi connectivity index (χ0) is 15.2. The monoisotopic (exact) mass is 280 g/mol. The molecule has 0 aliphatic carbocycles. The number of carbonyl (C=O) groups excluding carboxylic acids is 1. The van der Waals surface area contributed by atoms with Crippen molar-refractivity contribution in [2.75, 3.05) is 11.9 Å². The quantitative estimate of drug-likeness (QED) is 0.865. The molecular weight excluding hydrogens is 264 g/mol. The lowest BCUT2D eigenvalue weighted by molar-refractivity contribution is -0.124. The Hall–Kier alpha value is -2.80. The number of amides is 1. The molecule has 1 atom stereocenters. The van der Waals surface area contributed by atoms with Crippen LogP contribution in [0.1, 0.15) is 12.5 Å². The predicted molar refractivity (Wildman–Crippen MR) is 81.1 cm³/mol. The molecule has 0 aliphatic heterocycles. The third-order valence-electron chi connectivity index (χ3n) is 3.12. The molecule has 0 N–H and O–H groups in total. The summed E-state index contributed by atoms with van der Waals surface area (Å²) in [6.07, 6.45) is -0.608. The molecule has 1 unspecified atom stereocenters. The fraction of sp³-hybridized carbons (Fsp3) is 0.176. The number of rotatable bonds is 4. The van der Waals surface area contributed by atoms with Gasteiger partial charge in [-0.3, -0.25) is 4.79 Å². The zero-order valence-electron chi connectivity index (χ0n) is 12.0. The summed E-state index contributed by atoms with van der Waals surface area (Å²) >= 11 is 0. The van der Waals surface area contributed by atoms with Crippen LogP contribution in [0.25, 0.3) is 0 Å². The molecule has 0 saturated carbocycles. The second kappa shape index (κ2) is 6.58. The number of ether oxygens (including phenoxy) is 1. The highest BCUT2D eigenvalue weighted by Gasteiger charge is 2.20. The van der Waals surface area contributed by atoms with Gasteiger partial charge in [0.25, 0.3) is 5.91 Å². The summed E-state index contributed by atoms with van der Waals surface area (Å²) in [5, 5.41) is 8.75. The molecule has 106 valence electrons. The van der Waals surface area contributed by atoms with Crippen LogP contribution < -0.4 is 9.64 Å². The molecule has 0 saturated heterocycles. The van der Waals surface area contributed by atoms with Crippen LogP contribution in [0.2, 0.25) is 0 Å². The van der Waals surface area contributed by atoms with Crippen LogP contribution in [0, 0.1) is 11.3 Å². The van der Waals surface area contributed by atoms with Gasteiger partial charge < -0.3 is 9.64 Å². The molecule has 0 spiro atoms. The number of likely N-dealkylation sites (N-methyl/N-ethyl adjacent to an activating group) is 1. The molecule has 2 rings (SSSR count). The van der Waals surface area contributed by atoms with E-state index in [4.69, 9.17) is 10.00 Å². The van der Waals surface area contributed by atoms with Gasteiger partial charge >= 0.3 is 0 Å². The molecule has 0 radical (unpaired) electrons. The van der Waals surface area contributed by atoms with Crippen molar-refractivity contribution in [1.29, 1.82) is 5.26 Å². The highest BCUT2D eigenvalue weighted by atomic mass is 16.5. The third kappa shape index (κ3) is 3.61. The van der Waals surface area contributed by atoms with Crippen molar-refractivity contribution < 1.29 is 9.53 Å². The fourth-order valence-electron chi connectivity index (χ4n) is 1.91. The first-order valence-electron chi connectivity index (χ1n) is 6.61. The standard InChI is InChI=1S/C17H16N2O2/c1-13(21-16-10-8-14(12-18)9-11-16)17(20)19(2)15-6-4-3-5-7-15/h3-11,13H,1-2H3. The Morgan fingerprint density at radius 3 is 2.33 bits per heavy atom. The van der Waals surface area contributed by atoms with Gasteiger partial charge in [0, 0.05) is 12.7 Å². The van der Waals surface area contributed by atoms with E-state index in [9.17, 15) is 4.79 Å². The van der Waals surface area contributed by atoms with Gasteiger partial charge in [0.1, 0.15) is 5.75 Å².